The first-order valence-corrected chi connectivity index (χ1v) is 9.91. The topological polar surface area (TPSA) is 113 Å². The van der Waals surface area contributed by atoms with E-state index in [-0.39, 0.29) is 11.2 Å². The lowest BCUT2D eigenvalue weighted by molar-refractivity contribution is 0.0949. The van der Waals surface area contributed by atoms with E-state index in [9.17, 15) is 4.79 Å². The third-order valence-corrected chi connectivity index (χ3v) is 4.48. The van der Waals surface area contributed by atoms with Gasteiger partial charge in [0.15, 0.2) is 17.3 Å². The van der Waals surface area contributed by atoms with Gasteiger partial charge in [-0.2, -0.15) is 9.61 Å². The lowest BCUT2D eigenvalue weighted by atomic mass is 10.2. The molecule has 0 atom stereocenters. The molecule has 28 heavy (non-hydrogen) atoms. The number of aromatic nitrogens is 6. The number of carbonyl (C=O) groups is 1. The monoisotopic (exact) mass is 404 g/mol. The SMILES string of the molecule is CCCCCNc1nc(Cl)[nH]c1C(=O)NCCCc1nnc2ccc(C)nn12. The highest BCUT2D eigenvalue weighted by Gasteiger charge is 2.16. The lowest BCUT2D eigenvalue weighted by Crippen LogP contribution is -2.26. The van der Waals surface area contributed by atoms with Crippen molar-refractivity contribution in [2.75, 3.05) is 18.4 Å². The highest BCUT2D eigenvalue weighted by atomic mass is 35.5. The number of nitrogens with one attached hydrogen (secondary N) is 3. The molecule has 0 spiro atoms. The van der Waals surface area contributed by atoms with Gasteiger partial charge < -0.3 is 15.6 Å². The van der Waals surface area contributed by atoms with Crippen molar-refractivity contribution in [3.63, 3.8) is 0 Å². The third kappa shape index (κ3) is 4.98. The van der Waals surface area contributed by atoms with Crippen LogP contribution in [0.15, 0.2) is 12.1 Å². The van der Waals surface area contributed by atoms with Crippen molar-refractivity contribution in [2.24, 2.45) is 0 Å². The molecule has 0 aliphatic carbocycles. The second-order valence-corrected chi connectivity index (χ2v) is 6.96. The Hall–Kier alpha value is -2.68. The molecule has 0 saturated carbocycles. The van der Waals surface area contributed by atoms with Crippen LogP contribution >= 0.6 is 11.6 Å². The van der Waals surface area contributed by atoms with Gasteiger partial charge in [0.25, 0.3) is 5.91 Å². The molecule has 0 radical (unpaired) electrons. The van der Waals surface area contributed by atoms with Crippen LogP contribution in [0.3, 0.4) is 0 Å². The van der Waals surface area contributed by atoms with Gasteiger partial charge in [0.1, 0.15) is 5.69 Å². The molecular weight excluding hydrogens is 380 g/mol. The van der Waals surface area contributed by atoms with Crippen LogP contribution in [0.5, 0.6) is 0 Å². The Morgan fingerprint density at radius 2 is 2.07 bits per heavy atom. The molecule has 0 aliphatic rings. The molecule has 3 heterocycles. The zero-order chi connectivity index (χ0) is 19.9. The Labute approximate surface area is 168 Å². The van der Waals surface area contributed by atoms with Gasteiger partial charge in [0.2, 0.25) is 5.28 Å². The summed E-state index contributed by atoms with van der Waals surface area (Å²) in [6.45, 7) is 5.31. The van der Waals surface area contributed by atoms with Gasteiger partial charge in [0, 0.05) is 19.5 Å². The zero-order valence-corrected chi connectivity index (χ0v) is 16.9. The van der Waals surface area contributed by atoms with Crippen molar-refractivity contribution in [1.82, 2.24) is 35.1 Å². The molecule has 0 fully saturated rings. The number of unbranched alkanes of at least 4 members (excludes halogenated alkanes) is 2. The Bertz CT molecular complexity index is 935. The molecule has 3 aromatic heterocycles. The second-order valence-electron chi connectivity index (χ2n) is 6.61. The number of fused-ring (bicyclic) bond motifs is 1. The van der Waals surface area contributed by atoms with E-state index in [1.807, 2.05) is 19.1 Å². The number of aryl methyl sites for hydroxylation is 2. The van der Waals surface area contributed by atoms with Crippen molar-refractivity contribution in [3.8, 4) is 0 Å². The number of hydrogen-bond donors (Lipinski definition) is 3. The summed E-state index contributed by atoms with van der Waals surface area (Å²) >= 11 is 5.94. The molecule has 9 nitrogen and oxygen atoms in total. The Balaban J connectivity index is 1.51. The number of nitrogens with zero attached hydrogens (tertiary/aromatic N) is 5. The smallest absolute Gasteiger partial charge is 0.271 e. The number of anilines is 1. The highest BCUT2D eigenvalue weighted by molar-refractivity contribution is 6.28. The normalized spacial score (nSPS) is 11.1. The average Bonchev–Trinajstić information content (AvgIpc) is 3.25. The lowest BCUT2D eigenvalue weighted by Gasteiger charge is -2.07. The van der Waals surface area contributed by atoms with Crippen molar-refractivity contribution in [1.29, 1.82) is 0 Å². The molecule has 0 unspecified atom stereocenters. The van der Waals surface area contributed by atoms with E-state index in [1.54, 1.807) is 4.52 Å². The average molecular weight is 405 g/mol. The van der Waals surface area contributed by atoms with Crippen LogP contribution in [0, 0.1) is 6.92 Å². The van der Waals surface area contributed by atoms with Gasteiger partial charge in [-0.25, -0.2) is 4.98 Å². The number of aromatic amines is 1. The molecule has 3 N–H and O–H groups in total. The third-order valence-electron chi connectivity index (χ3n) is 4.30. The van der Waals surface area contributed by atoms with Gasteiger partial charge in [-0.15, -0.1) is 10.2 Å². The number of hydrogen-bond acceptors (Lipinski definition) is 6. The fourth-order valence-electron chi connectivity index (χ4n) is 2.84. The van der Waals surface area contributed by atoms with Crippen LogP contribution in [0.2, 0.25) is 5.28 Å². The van der Waals surface area contributed by atoms with Gasteiger partial charge in [-0.3, -0.25) is 4.79 Å². The van der Waals surface area contributed by atoms with Gasteiger partial charge >= 0.3 is 0 Å². The molecule has 0 aromatic carbocycles. The first-order valence-electron chi connectivity index (χ1n) is 9.54. The van der Waals surface area contributed by atoms with Gasteiger partial charge in [-0.1, -0.05) is 19.8 Å². The van der Waals surface area contributed by atoms with Crippen molar-refractivity contribution in [3.05, 3.63) is 34.6 Å². The van der Waals surface area contributed by atoms with E-state index in [4.69, 9.17) is 11.6 Å². The summed E-state index contributed by atoms with van der Waals surface area (Å²) < 4.78 is 1.74. The quantitative estimate of drug-likeness (QED) is 0.448. The maximum Gasteiger partial charge on any atom is 0.271 e. The van der Waals surface area contributed by atoms with Crippen LogP contribution in [0.25, 0.3) is 5.65 Å². The largest absolute Gasteiger partial charge is 0.368 e. The maximum absolute atomic E-state index is 12.5. The Morgan fingerprint density at radius 3 is 2.89 bits per heavy atom. The summed E-state index contributed by atoms with van der Waals surface area (Å²) in [4.78, 5) is 19.4. The van der Waals surface area contributed by atoms with Crippen LogP contribution in [0.4, 0.5) is 5.82 Å². The molecule has 150 valence electrons. The predicted octanol–water partition coefficient (Wildman–Crippen LogP) is 2.77. The molecule has 0 bridgehead atoms. The molecule has 3 aromatic rings. The minimum Gasteiger partial charge on any atom is -0.368 e. The van der Waals surface area contributed by atoms with Crippen LogP contribution in [-0.4, -0.2) is 48.8 Å². The first-order chi connectivity index (χ1) is 13.6. The van der Waals surface area contributed by atoms with E-state index in [2.05, 4.69) is 42.8 Å². The Morgan fingerprint density at radius 1 is 1.21 bits per heavy atom. The first kappa shape index (κ1) is 20.1. The summed E-state index contributed by atoms with van der Waals surface area (Å²) in [6, 6.07) is 3.79. The summed E-state index contributed by atoms with van der Waals surface area (Å²) in [5.74, 6) is 1.02. The molecule has 0 saturated heterocycles. The van der Waals surface area contributed by atoms with E-state index in [1.165, 1.54) is 0 Å². The van der Waals surface area contributed by atoms with Gasteiger partial charge in [-0.05, 0) is 43.5 Å². The van der Waals surface area contributed by atoms with Crippen LogP contribution < -0.4 is 10.6 Å². The molecule has 10 heteroatoms. The van der Waals surface area contributed by atoms with E-state index < -0.39 is 0 Å². The number of rotatable bonds is 10. The number of H-pyrrole nitrogens is 1. The van der Waals surface area contributed by atoms with Crippen molar-refractivity contribution in [2.45, 2.75) is 46.0 Å². The number of amides is 1. The molecule has 0 aliphatic heterocycles. The summed E-state index contributed by atoms with van der Waals surface area (Å²) in [6.07, 6.45) is 4.64. The van der Waals surface area contributed by atoms with Crippen molar-refractivity contribution < 1.29 is 4.79 Å². The fourth-order valence-corrected chi connectivity index (χ4v) is 3.02. The van der Waals surface area contributed by atoms with E-state index in [0.717, 1.165) is 43.0 Å². The predicted molar refractivity (Wildman–Crippen MR) is 108 cm³/mol. The summed E-state index contributed by atoms with van der Waals surface area (Å²) in [5, 5.41) is 19.0. The van der Waals surface area contributed by atoms with Crippen molar-refractivity contribution >= 4 is 29.0 Å². The number of carbonyl (C=O) groups excluding carboxylic acids is 1. The summed E-state index contributed by atoms with van der Waals surface area (Å²) in [5.41, 5.74) is 1.97. The minimum atomic E-state index is -0.238. The zero-order valence-electron chi connectivity index (χ0n) is 16.1. The van der Waals surface area contributed by atoms with Crippen LogP contribution in [-0.2, 0) is 6.42 Å². The Kier molecular flexibility index (Phi) is 6.80. The standard InChI is InChI=1S/C18H25ClN8O/c1-3-4-5-10-20-16-15(22-18(19)23-16)17(28)21-11-6-7-13-24-25-14-9-8-12(2)26-27(13)14/h8-9,20H,3-7,10-11H2,1-2H3,(H,21,28)(H,22,23). The van der Waals surface area contributed by atoms with Crippen LogP contribution in [0.1, 0.15) is 54.6 Å². The second kappa shape index (κ2) is 9.50. The minimum absolute atomic E-state index is 0.194. The fraction of sp³-hybridized carbons (Fsp3) is 0.500. The van der Waals surface area contributed by atoms with E-state index >= 15 is 0 Å². The maximum atomic E-state index is 12.5. The van der Waals surface area contributed by atoms with Gasteiger partial charge in [0.05, 0.1) is 5.69 Å². The highest BCUT2D eigenvalue weighted by Crippen LogP contribution is 2.16. The summed E-state index contributed by atoms with van der Waals surface area (Å²) in [7, 11) is 0. The molecule has 1 amide bonds. The molecule has 3 rings (SSSR count). The molecular formula is C18H25ClN8O. The number of halogens is 1. The number of imidazole rings is 1. The van der Waals surface area contributed by atoms with E-state index in [0.29, 0.717) is 30.9 Å².